The third-order valence-corrected chi connectivity index (χ3v) is 2.15. The topological polar surface area (TPSA) is 67.4 Å². The molecule has 0 bridgehead atoms. The van der Waals surface area contributed by atoms with E-state index in [2.05, 4.69) is 15.4 Å². The highest BCUT2D eigenvalue weighted by Crippen LogP contribution is 2.20. The Morgan fingerprint density at radius 3 is 2.40 bits per heavy atom. The lowest BCUT2D eigenvalue weighted by Crippen LogP contribution is -2.23. The van der Waals surface area contributed by atoms with E-state index in [0.717, 1.165) is 0 Å². The van der Waals surface area contributed by atoms with E-state index in [9.17, 15) is 22.8 Å². The van der Waals surface area contributed by atoms with Gasteiger partial charge in [-0.15, -0.1) is 0 Å². The van der Waals surface area contributed by atoms with Gasteiger partial charge < -0.3 is 10.1 Å². The molecule has 0 aliphatic carbocycles. The number of rotatable bonds is 3. The minimum absolute atomic E-state index is 0.251. The van der Waals surface area contributed by atoms with E-state index < -0.39 is 18.9 Å². The van der Waals surface area contributed by atoms with Gasteiger partial charge in [-0.1, -0.05) is 0 Å². The van der Waals surface area contributed by atoms with Gasteiger partial charge in [-0.3, -0.25) is 10.1 Å². The molecule has 0 unspecified atom stereocenters. The molecule has 8 heteroatoms. The lowest BCUT2D eigenvalue weighted by atomic mass is 10.2. The van der Waals surface area contributed by atoms with Crippen LogP contribution in [-0.2, 0) is 9.53 Å². The van der Waals surface area contributed by atoms with Crippen molar-refractivity contribution in [1.29, 1.82) is 0 Å². The molecule has 0 heterocycles. The van der Waals surface area contributed by atoms with Crippen LogP contribution in [0.4, 0.5) is 29.3 Å². The molecule has 0 saturated carbocycles. The second-order valence-corrected chi connectivity index (χ2v) is 4.03. The van der Waals surface area contributed by atoms with Gasteiger partial charge in [0.05, 0.1) is 0 Å². The Hall–Kier alpha value is -2.25. The van der Waals surface area contributed by atoms with Crippen LogP contribution in [0.1, 0.15) is 12.5 Å². The first-order chi connectivity index (χ1) is 9.17. The van der Waals surface area contributed by atoms with Gasteiger partial charge in [-0.25, -0.2) is 4.79 Å². The Bertz CT molecular complexity index is 515. The molecule has 0 aromatic heterocycles. The quantitative estimate of drug-likeness (QED) is 0.899. The summed E-state index contributed by atoms with van der Waals surface area (Å²) in [6.45, 7) is 1.37. The first-order valence-electron chi connectivity index (χ1n) is 5.56. The van der Waals surface area contributed by atoms with Gasteiger partial charge in [-0.05, 0) is 30.7 Å². The molecule has 1 rings (SSSR count). The molecular formula is C12H13F3N2O3. The standard InChI is InChI=1S/C12H13F3N2O3/c1-7-5-9(3-4-10(7)16-8(2)18)17-11(19)20-6-12(13,14)15/h3-5H,6H2,1-2H3,(H,16,18)(H,17,19). The van der Waals surface area contributed by atoms with Crippen molar-refractivity contribution in [3.63, 3.8) is 0 Å². The van der Waals surface area contributed by atoms with Gasteiger partial charge in [-0.2, -0.15) is 13.2 Å². The van der Waals surface area contributed by atoms with Crippen LogP contribution in [0.3, 0.4) is 0 Å². The lowest BCUT2D eigenvalue weighted by molar-refractivity contribution is -0.159. The lowest BCUT2D eigenvalue weighted by Gasteiger charge is -2.11. The fraction of sp³-hybridized carbons (Fsp3) is 0.333. The largest absolute Gasteiger partial charge is 0.440 e. The second kappa shape index (κ2) is 6.27. The smallest absolute Gasteiger partial charge is 0.422 e. The number of carbonyl (C=O) groups is 2. The van der Waals surface area contributed by atoms with Crippen LogP contribution in [0.5, 0.6) is 0 Å². The minimum Gasteiger partial charge on any atom is -0.440 e. The van der Waals surface area contributed by atoms with Crippen LogP contribution >= 0.6 is 0 Å². The summed E-state index contributed by atoms with van der Waals surface area (Å²) in [4.78, 5) is 22.0. The molecule has 2 N–H and O–H groups in total. The third-order valence-electron chi connectivity index (χ3n) is 2.15. The summed E-state index contributed by atoms with van der Waals surface area (Å²) in [5.74, 6) is -0.251. The SMILES string of the molecule is CC(=O)Nc1ccc(NC(=O)OCC(F)(F)F)cc1C. The van der Waals surface area contributed by atoms with Crippen molar-refractivity contribution < 1.29 is 27.5 Å². The molecule has 5 nitrogen and oxygen atoms in total. The molecule has 0 spiro atoms. The number of carbonyl (C=O) groups excluding carboxylic acids is 2. The molecule has 0 atom stereocenters. The average Bonchev–Trinajstić information content (AvgIpc) is 2.29. The van der Waals surface area contributed by atoms with E-state index in [1.54, 1.807) is 6.92 Å². The zero-order valence-electron chi connectivity index (χ0n) is 10.8. The number of anilines is 2. The first kappa shape index (κ1) is 15.8. The summed E-state index contributed by atoms with van der Waals surface area (Å²) < 4.78 is 39.5. The van der Waals surface area contributed by atoms with E-state index in [1.807, 2.05) is 0 Å². The summed E-state index contributed by atoms with van der Waals surface area (Å²) >= 11 is 0. The maximum atomic E-state index is 11.8. The van der Waals surface area contributed by atoms with Crippen molar-refractivity contribution in [3.8, 4) is 0 Å². The number of amides is 2. The Morgan fingerprint density at radius 2 is 1.90 bits per heavy atom. The summed E-state index contributed by atoms with van der Waals surface area (Å²) in [5.41, 5.74) is 1.46. The molecule has 20 heavy (non-hydrogen) atoms. The van der Waals surface area contributed by atoms with Gasteiger partial charge in [0.15, 0.2) is 6.61 Å². The zero-order valence-corrected chi connectivity index (χ0v) is 10.8. The fourth-order valence-corrected chi connectivity index (χ4v) is 1.37. The van der Waals surface area contributed by atoms with E-state index in [-0.39, 0.29) is 11.6 Å². The summed E-state index contributed by atoms with van der Waals surface area (Å²) in [6, 6.07) is 4.46. The Kier molecular flexibility index (Phi) is 4.95. The van der Waals surface area contributed by atoms with Gasteiger partial charge in [0, 0.05) is 18.3 Å². The summed E-state index contributed by atoms with van der Waals surface area (Å²) in [6.07, 6.45) is -5.77. The van der Waals surface area contributed by atoms with Crippen LogP contribution in [0.15, 0.2) is 18.2 Å². The summed E-state index contributed by atoms with van der Waals surface area (Å²) in [5, 5.41) is 4.73. The normalized spacial score (nSPS) is 10.8. The van der Waals surface area contributed by atoms with Crippen LogP contribution in [-0.4, -0.2) is 24.8 Å². The van der Waals surface area contributed by atoms with Crippen LogP contribution in [0.25, 0.3) is 0 Å². The number of hydrogen-bond donors (Lipinski definition) is 2. The molecule has 0 aliphatic rings. The number of ether oxygens (including phenoxy) is 1. The monoisotopic (exact) mass is 290 g/mol. The maximum absolute atomic E-state index is 11.8. The maximum Gasteiger partial charge on any atom is 0.422 e. The summed E-state index contributed by atoms with van der Waals surface area (Å²) in [7, 11) is 0. The number of benzene rings is 1. The van der Waals surface area contributed by atoms with Gasteiger partial charge in [0.2, 0.25) is 5.91 Å². The minimum atomic E-state index is -4.57. The highest BCUT2D eigenvalue weighted by Gasteiger charge is 2.29. The Balaban J connectivity index is 2.63. The highest BCUT2D eigenvalue weighted by molar-refractivity contribution is 5.90. The van der Waals surface area contributed by atoms with Gasteiger partial charge >= 0.3 is 12.3 Å². The van der Waals surface area contributed by atoms with Crippen molar-refractivity contribution in [1.82, 2.24) is 0 Å². The predicted molar refractivity (Wildman–Crippen MR) is 66.5 cm³/mol. The molecule has 1 aromatic carbocycles. The molecular weight excluding hydrogens is 277 g/mol. The van der Waals surface area contributed by atoms with Gasteiger partial charge in [0.25, 0.3) is 0 Å². The second-order valence-electron chi connectivity index (χ2n) is 4.03. The first-order valence-corrected chi connectivity index (χ1v) is 5.56. The van der Waals surface area contributed by atoms with Crippen molar-refractivity contribution >= 4 is 23.4 Å². The Labute approximate surface area is 113 Å². The molecule has 2 amide bonds. The van der Waals surface area contributed by atoms with Gasteiger partial charge in [0.1, 0.15) is 0 Å². The number of halogens is 3. The van der Waals surface area contributed by atoms with Crippen molar-refractivity contribution in [3.05, 3.63) is 23.8 Å². The molecule has 110 valence electrons. The van der Waals surface area contributed by atoms with E-state index in [4.69, 9.17) is 0 Å². The molecule has 0 aliphatic heterocycles. The third kappa shape index (κ3) is 5.59. The Morgan fingerprint density at radius 1 is 1.25 bits per heavy atom. The van der Waals surface area contributed by atoms with Crippen LogP contribution in [0.2, 0.25) is 0 Å². The molecule has 0 saturated heterocycles. The molecule has 0 radical (unpaired) electrons. The van der Waals surface area contributed by atoms with Crippen LogP contribution < -0.4 is 10.6 Å². The molecule has 1 aromatic rings. The fourth-order valence-electron chi connectivity index (χ4n) is 1.37. The zero-order chi connectivity index (χ0) is 15.3. The number of nitrogens with one attached hydrogen (secondary N) is 2. The van der Waals surface area contributed by atoms with E-state index in [1.165, 1.54) is 25.1 Å². The van der Waals surface area contributed by atoms with Crippen molar-refractivity contribution in [2.75, 3.05) is 17.2 Å². The number of hydrogen-bond acceptors (Lipinski definition) is 3. The van der Waals surface area contributed by atoms with E-state index >= 15 is 0 Å². The predicted octanol–water partition coefficient (Wildman–Crippen LogP) is 3.06. The average molecular weight is 290 g/mol. The van der Waals surface area contributed by atoms with E-state index in [0.29, 0.717) is 11.3 Å². The number of alkyl halides is 3. The van der Waals surface area contributed by atoms with Crippen molar-refractivity contribution in [2.45, 2.75) is 20.0 Å². The molecule has 0 fully saturated rings. The van der Waals surface area contributed by atoms with Crippen molar-refractivity contribution in [2.24, 2.45) is 0 Å². The van der Waals surface area contributed by atoms with Crippen LogP contribution in [0, 0.1) is 6.92 Å². The number of aryl methyl sites for hydroxylation is 1. The highest BCUT2D eigenvalue weighted by atomic mass is 19.4.